The Labute approximate surface area is 81.9 Å². The lowest BCUT2D eigenvalue weighted by Gasteiger charge is -2.13. The molecule has 1 aliphatic rings. The smallest absolute Gasteiger partial charge is 0.0181 e. The maximum atomic E-state index is 3.93. The number of rotatable bonds is 5. The van der Waals surface area contributed by atoms with Gasteiger partial charge < -0.3 is 5.32 Å². The quantitative estimate of drug-likeness (QED) is 0.638. The molecule has 1 heteroatoms. The van der Waals surface area contributed by atoms with Gasteiger partial charge >= 0.3 is 0 Å². The molecule has 0 spiro atoms. The van der Waals surface area contributed by atoms with Gasteiger partial charge in [-0.3, -0.25) is 0 Å². The minimum atomic E-state index is 1.04. The van der Waals surface area contributed by atoms with Gasteiger partial charge in [-0.15, -0.1) is 0 Å². The first-order valence-electron chi connectivity index (χ1n) is 5.42. The number of hydrogen-bond acceptors (Lipinski definition) is 1. The zero-order chi connectivity index (χ0) is 9.52. The average molecular weight is 179 g/mol. The van der Waals surface area contributed by atoms with Crippen LogP contribution in [-0.2, 0) is 0 Å². The molecule has 1 N–H and O–H groups in total. The van der Waals surface area contributed by atoms with Crippen LogP contribution in [-0.4, -0.2) is 6.54 Å². The van der Waals surface area contributed by atoms with Crippen LogP contribution in [0.2, 0.25) is 0 Å². The first kappa shape index (κ1) is 10.4. The lowest BCUT2D eigenvalue weighted by atomic mass is 9.97. The van der Waals surface area contributed by atoms with E-state index in [0.29, 0.717) is 0 Å². The van der Waals surface area contributed by atoms with Crippen molar-refractivity contribution < 1.29 is 0 Å². The molecule has 0 amide bonds. The van der Waals surface area contributed by atoms with Crippen molar-refractivity contribution in [2.24, 2.45) is 0 Å². The highest BCUT2D eigenvalue weighted by Gasteiger charge is 2.02. The molecule has 0 aromatic heterocycles. The van der Waals surface area contributed by atoms with E-state index in [-0.39, 0.29) is 0 Å². The molecule has 0 aromatic rings. The molecule has 0 radical (unpaired) electrons. The van der Waals surface area contributed by atoms with Gasteiger partial charge in [0.05, 0.1) is 0 Å². The Bertz CT molecular complexity index is 191. The normalized spacial score (nSPS) is 16.5. The van der Waals surface area contributed by atoms with E-state index in [1.807, 2.05) is 0 Å². The van der Waals surface area contributed by atoms with Crippen molar-refractivity contribution in [1.29, 1.82) is 0 Å². The fourth-order valence-electron chi connectivity index (χ4n) is 1.66. The summed E-state index contributed by atoms with van der Waals surface area (Å²) < 4.78 is 0. The van der Waals surface area contributed by atoms with E-state index in [1.54, 1.807) is 5.57 Å². The van der Waals surface area contributed by atoms with E-state index < -0.39 is 0 Å². The molecule has 1 aliphatic carbocycles. The van der Waals surface area contributed by atoms with Gasteiger partial charge in [-0.1, -0.05) is 25.2 Å². The Morgan fingerprint density at radius 2 is 2.38 bits per heavy atom. The lowest BCUT2D eigenvalue weighted by Crippen LogP contribution is -2.14. The van der Waals surface area contributed by atoms with Gasteiger partial charge in [0.25, 0.3) is 0 Å². The molecule has 0 bridgehead atoms. The number of allylic oxidation sites excluding steroid dienone is 2. The zero-order valence-corrected chi connectivity index (χ0v) is 8.73. The summed E-state index contributed by atoms with van der Waals surface area (Å²) >= 11 is 0. The molecule has 0 aromatic carbocycles. The van der Waals surface area contributed by atoms with Gasteiger partial charge in [-0.05, 0) is 38.5 Å². The molecule has 74 valence electrons. The maximum Gasteiger partial charge on any atom is 0.0181 e. The van der Waals surface area contributed by atoms with Crippen LogP contribution in [0, 0.1) is 0 Å². The second kappa shape index (κ2) is 5.85. The van der Waals surface area contributed by atoms with E-state index >= 15 is 0 Å². The van der Waals surface area contributed by atoms with Gasteiger partial charge in [0.15, 0.2) is 0 Å². The summed E-state index contributed by atoms with van der Waals surface area (Å²) in [6, 6.07) is 0. The van der Waals surface area contributed by atoms with Gasteiger partial charge in [-0.25, -0.2) is 0 Å². The van der Waals surface area contributed by atoms with Crippen LogP contribution in [0.5, 0.6) is 0 Å². The third-order valence-electron chi connectivity index (χ3n) is 2.63. The van der Waals surface area contributed by atoms with Crippen LogP contribution in [0.15, 0.2) is 23.9 Å². The molecule has 0 atom stereocenters. The topological polar surface area (TPSA) is 12.0 Å². The van der Waals surface area contributed by atoms with Crippen molar-refractivity contribution in [3.05, 3.63) is 23.9 Å². The highest BCUT2D eigenvalue weighted by atomic mass is 14.9. The van der Waals surface area contributed by atoms with Gasteiger partial charge in [0.2, 0.25) is 0 Å². The summed E-state index contributed by atoms with van der Waals surface area (Å²) in [5.41, 5.74) is 2.80. The average Bonchev–Trinajstić information content (AvgIpc) is 2.19. The van der Waals surface area contributed by atoms with Crippen LogP contribution >= 0.6 is 0 Å². The summed E-state index contributed by atoms with van der Waals surface area (Å²) in [5.74, 6) is 0. The van der Waals surface area contributed by atoms with Crippen molar-refractivity contribution in [2.75, 3.05) is 6.54 Å². The van der Waals surface area contributed by atoms with Crippen molar-refractivity contribution in [1.82, 2.24) is 5.32 Å². The summed E-state index contributed by atoms with van der Waals surface area (Å²) in [5, 5.41) is 3.34. The SMILES string of the molecule is C=C(CC)NCCC1=CCCCC1. The maximum absolute atomic E-state index is 3.93. The van der Waals surface area contributed by atoms with Gasteiger partial charge in [0, 0.05) is 12.2 Å². The fraction of sp³-hybridized carbons (Fsp3) is 0.667. The summed E-state index contributed by atoms with van der Waals surface area (Å²) in [7, 11) is 0. The molecule has 0 saturated carbocycles. The molecular formula is C12H21N. The van der Waals surface area contributed by atoms with Crippen LogP contribution < -0.4 is 5.32 Å². The van der Waals surface area contributed by atoms with Crippen molar-refractivity contribution in [3.8, 4) is 0 Å². The molecule has 1 nitrogen and oxygen atoms in total. The third kappa shape index (κ3) is 4.16. The number of hydrogen-bond donors (Lipinski definition) is 1. The molecule has 0 fully saturated rings. The highest BCUT2D eigenvalue weighted by molar-refractivity contribution is 5.05. The minimum Gasteiger partial charge on any atom is -0.389 e. The van der Waals surface area contributed by atoms with E-state index in [9.17, 15) is 0 Å². The molecule has 0 saturated heterocycles. The molecule has 0 heterocycles. The summed E-state index contributed by atoms with van der Waals surface area (Å²) in [6.07, 6.45) is 10.1. The zero-order valence-electron chi connectivity index (χ0n) is 8.73. The Kier molecular flexibility index (Phi) is 4.66. The predicted octanol–water partition coefficient (Wildman–Crippen LogP) is 3.39. The van der Waals surface area contributed by atoms with Crippen molar-refractivity contribution in [3.63, 3.8) is 0 Å². The first-order valence-corrected chi connectivity index (χ1v) is 5.42. The predicted molar refractivity (Wildman–Crippen MR) is 58.6 cm³/mol. The highest BCUT2D eigenvalue weighted by Crippen LogP contribution is 2.19. The molecule has 1 rings (SSSR count). The minimum absolute atomic E-state index is 1.04. The second-order valence-electron chi connectivity index (χ2n) is 3.74. The van der Waals surface area contributed by atoms with Crippen LogP contribution in [0.3, 0.4) is 0 Å². The van der Waals surface area contributed by atoms with Crippen molar-refractivity contribution in [2.45, 2.75) is 45.4 Å². The summed E-state index contributed by atoms with van der Waals surface area (Å²) in [4.78, 5) is 0. The molecule has 0 aliphatic heterocycles. The Balaban J connectivity index is 2.11. The van der Waals surface area contributed by atoms with Crippen LogP contribution in [0.25, 0.3) is 0 Å². The Morgan fingerprint density at radius 1 is 1.54 bits per heavy atom. The van der Waals surface area contributed by atoms with E-state index in [1.165, 1.54) is 32.1 Å². The fourth-order valence-corrected chi connectivity index (χ4v) is 1.66. The van der Waals surface area contributed by atoms with Crippen molar-refractivity contribution >= 4 is 0 Å². The lowest BCUT2D eigenvalue weighted by molar-refractivity contribution is 0.656. The largest absolute Gasteiger partial charge is 0.389 e. The van der Waals surface area contributed by atoms with E-state index in [0.717, 1.165) is 18.7 Å². The number of nitrogens with one attached hydrogen (secondary N) is 1. The molecule has 13 heavy (non-hydrogen) atoms. The first-order chi connectivity index (χ1) is 6.33. The van der Waals surface area contributed by atoms with Gasteiger partial charge in [-0.2, -0.15) is 0 Å². The third-order valence-corrected chi connectivity index (χ3v) is 2.63. The Morgan fingerprint density at radius 3 is 3.00 bits per heavy atom. The standard InChI is InChI=1S/C12H21N/c1-3-11(2)13-10-9-12-7-5-4-6-8-12/h7,13H,2-6,8-10H2,1H3. The van der Waals surface area contributed by atoms with Crippen LogP contribution in [0.1, 0.15) is 45.4 Å². The van der Waals surface area contributed by atoms with E-state index in [4.69, 9.17) is 0 Å². The summed E-state index contributed by atoms with van der Waals surface area (Å²) in [6.45, 7) is 7.13. The van der Waals surface area contributed by atoms with E-state index in [2.05, 4.69) is 24.9 Å². The molecule has 0 unspecified atom stereocenters. The Hall–Kier alpha value is -0.720. The van der Waals surface area contributed by atoms with Gasteiger partial charge in [0.1, 0.15) is 0 Å². The monoisotopic (exact) mass is 179 g/mol. The van der Waals surface area contributed by atoms with Crippen LogP contribution in [0.4, 0.5) is 0 Å². The second-order valence-corrected chi connectivity index (χ2v) is 3.74. The molecular weight excluding hydrogens is 158 g/mol.